The molecule has 1 amide bonds. The van der Waals surface area contributed by atoms with Crippen LogP contribution >= 0.6 is 0 Å². The minimum absolute atomic E-state index is 0.332. The average Bonchev–Trinajstić information content (AvgIpc) is 3.21. The van der Waals surface area contributed by atoms with Crippen molar-refractivity contribution in [3.05, 3.63) is 18.0 Å². The summed E-state index contributed by atoms with van der Waals surface area (Å²) in [4.78, 5) is 16.9. The van der Waals surface area contributed by atoms with Gasteiger partial charge in [0.15, 0.2) is 0 Å². The predicted octanol–water partition coefficient (Wildman–Crippen LogP) is 1.99. The lowest BCUT2D eigenvalue weighted by Gasteiger charge is -2.32. The van der Waals surface area contributed by atoms with Crippen molar-refractivity contribution in [3.8, 4) is 0 Å². The third-order valence-corrected chi connectivity index (χ3v) is 4.80. The van der Waals surface area contributed by atoms with Crippen LogP contribution in [0, 0.1) is 0 Å². The highest BCUT2D eigenvalue weighted by molar-refractivity contribution is 5.76. The Labute approximate surface area is 126 Å². The maximum absolute atomic E-state index is 12.4. The number of nitrogens with zero attached hydrogens (tertiary/aromatic N) is 3. The molecule has 3 heterocycles. The predicted molar refractivity (Wildman–Crippen MR) is 82.1 cm³/mol. The summed E-state index contributed by atoms with van der Waals surface area (Å²) in [5.41, 5.74) is 1.17. The molecule has 116 valence electrons. The van der Waals surface area contributed by atoms with Crippen LogP contribution in [0.5, 0.6) is 0 Å². The lowest BCUT2D eigenvalue weighted by atomic mass is 9.94. The van der Waals surface area contributed by atoms with E-state index in [2.05, 4.69) is 20.0 Å². The monoisotopic (exact) mass is 290 g/mol. The summed E-state index contributed by atoms with van der Waals surface area (Å²) in [6.45, 7) is 5.31. The van der Waals surface area contributed by atoms with E-state index >= 15 is 0 Å². The van der Waals surface area contributed by atoms with Gasteiger partial charge in [-0.3, -0.25) is 9.89 Å². The van der Waals surface area contributed by atoms with Crippen LogP contribution in [0.15, 0.2) is 12.3 Å². The molecular weight excluding hydrogens is 264 g/mol. The molecule has 0 spiro atoms. The van der Waals surface area contributed by atoms with Crippen LogP contribution in [-0.4, -0.2) is 58.6 Å². The number of likely N-dealkylation sites (tertiary alicyclic amines) is 2. The van der Waals surface area contributed by atoms with Crippen LogP contribution in [0.1, 0.15) is 50.1 Å². The van der Waals surface area contributed by atoms with Crippen LogP contribution in [-0.2, 0) is 4.79 Å². The van der Waals surface area contributed by atoms with Crippen molar-refractivity contribution < 1.29 is 4.79 Å². The second-order valence-corrected chi connectivity index (χ2v) is 6.34. The van der Waals surface area contributed by atoms with E-state index in [1.807, 2.05) is 6.07 Å². The Morgan fingerprint density at radius 3 is 2.90 bits per heavy atom. The Kier molecular flexibility index (Phi) is 4.91. The number of hydrogen-bond acceptors (Lipinski definition) is 3. The third kappa shape index (κ3) is 3.84. The molecule has 21 heavy (non-hydrogen) atoms. The Morgan fingerprint density at radius 2 is 2.14 bits per heavy atom. The maximum Gasteiger partial charge on any atom is 0.222 e. The highest BCUT2D eigenvalue weighted by Gasteiger charge is 2.25. The summed E-state index contributed by atoms with van der Waals surface area (Å²) in [6.07, 6.45) is 8.40. The van der Waals surface area contributed by atoms with Gasteiger partial charge in [-0.1, -0.05) is 0 Å². The number of nitrogens with one attached hydrogen (secondary N) is 1. The van der Waals surface area contributed by atoms with Gasteiger partial charge in [0.2, 0.25) is 5.91 Å². The van der Waals surface area contributed by atoms with Crippen molar-refractivity contribution in [2.75, 3.05) is 32.7 Å². The average molecular weight is 290 g/mol. The van der Waals surface area contributed by atoms with Crippen LogP contribution < -0.4 is 0 Å². The zero-order valence-corrected chi connectivity index (χ0v) is 12.8. The molecule has 1 N–H and O–H groups in total. The molecule has 1 unspecified atom stereocenters. The first-order chi connectivity index (χ1) is 10.3. The summed E-state index contributed by atoms with van der Waals surface area (Å²) < 4.78 is 0. The molecule has 5 nitrogen and oxygen atoms in total. The molecule has 0 radical (unpaired) electrons. The van der Waals surface area contributed by atoms with Crippen molar-refractivity contribution >= 4 is 5.91 Å². The van der Waals surface area contributed by atoms with Crippen molar-refractivity contribution in [3.63, 3.8) is 0 Å². The Hall–Kier alpha value is -1.36. The smallest absolute Gasteiger partial charge is 0.222 e. The van der Waals surface area contributed by atoms with Crippen molar-refractivity contribution in [1.82, 2.24) is 20.0 Å². The highest BCUT2D eigenvalue weighted by atomic mass is 16.2. The van der Waals surface area contributed by atoms with E-state index in [0.29, 0.717) is 18.2 Å². The molecule has 0 aliphatic carbocycles. The summed E-state index contributed by atoms with van der Waals surface area (Å²) in [5.74, 6) is 0.766. The summed E-state index contributed by atoms with van der Waals surface area (Å²) in [6, 6.07) is 2.03. The van der Waals surface area contributed by atoms with Gasteiger partial charge in [0.05, 0.1) is 0 Å². The van der Waals surface area contributed by atoms with E-state index in [9.17, 15) is 4.79 Å². The number of aromatic nitrogens is 2. The number of carbonyl (C=O) groups is 1. The van der Waals surface area contributed by atoms with Gasteiger partial charge in [-0.25, -0.2) is 0 Å². The second kappa shape index (κ2) is 7.07. The minimum atomic E-state index is 0.332. The largest absolute Gasteiger partial charge is 0.342 e. The second-order valence-electron chi connectivity index (χ2n) is 6.34. The van der Waals surface area contributed by atoms with Crippen molar-refractivity contribution in [2.45, 2.75) is 44.4 Å². The summed E-state index contributed by atoms with van der Waals surface area (Å²) in [5, 5.41) is 7.08. The Balaban J connectivity index is 1.43. The number of aromatic amines is 1. The Morgan fingerprint density at radius 1 is 1.29 bits per heavy atom. The van der Waals surface area contributed by atoms with Crippen LogP contribution in [0.25, 0.3) is 0 Å². The standard InChI is InChI=1S/C16H26N4O/c21-16(6-4-11-19-9-1-2-10-19)20-12-3-5-14(13-20)15-7-8-17-18-15/h7-8,14H,1-6,9-13H2,(H,17,18). The van der Waals surface area contributed by atoms with E-state index in [0.717, 1.165) is 38.9 Å². The molecule has 5 heteroatoms. The first-order valence-electron chi connectivity index (χ1n) is 8.32. The minimum Gasteiger partial charge on any atom is -0.342 e. The summed E-state index contributed by atoms with van der Waals surface area (Å²) >= 11 is 0. The topological polar surface area (TPSA) is 52.2 Å². The first-order valence-corrected chi connectivity index (χ1v) is 8.32. The van der Waals surface area contributed by atoms with Gasteiger partial charge < -0.3 is 9.80 Å². The van der Waals surface area contributed by atoms with Gasteiger partial charge in [-0.05, 0) is 57.8 Å². The molecule has 2 fully saturated rings. The molecule has 1 aromatic rings. The maximum atomic E-state index is 12.4. The van der Waals surface area contributed by atoms with Gasteiger partial charge in [-0.15, -0.1) is 0 Å². The number of amides is 1. The van der Waals surface area contributed by atoms with E-state index in [1.165, 1.54) is 31.6 Å². The fraction of sp³-hybridized carbons (Fsp3) is 0.750. The SMILES string of the molecule is O=C(CCCN1CCCC1)N1CCCC(c2ccn[nH]2)C1. The third-order valence-electron chi connectivity index (χ3n) is 4.80. The molecule has 0 saturated carbocycles. The molecule has 2 aliphatic heterocycles. The number of carbonyl (C=O) groups excluding carboxylic acids is 1. The van der Waals surface area contributed by atoms with Gasteiger partial charge in [0.25, 0.3) is 0 Å². The van der Waals surface area contributed by atoms with Gasteiger partial charge in [0.1, 0.15) is 0 Å². The number of rotatable bonds is 5. The molecule has 0 aromatic carbocycles. The quantitative estimate of drug-likeness (QED) is 0.902. The van der Waals surface area contributed by atoms with Crippen LogP contribution in [0.2, 0.25) is 0 Å². The fourth-order valence-corrected chi connectivity index (χ4v) is 3.57. The lowest BCUT2D eigenvalue weighted by Crippen LogP contribution is -2.39. The van der Waals surface area contributed by atoms with Gasteiger partial charge in [-0.2, -0.15) is 5.10 Å². The first kappa shape index (κ1) is 14.6. The molecule has 1 aromatic heterocycles. The summed E-state index contributed by atoms with van der Waals surface area (Å²) in [7, 11) is 0. The normalized spacial score (nSPS) is 23.6. The molecule has 0 bridgehead atoms. The molecular formula is C16H26N4O. The van der Waals surface area contributed by atoms with Crippen LogP contribution in [0.4, 0.5) is 0 Å². The van der Waals surface area contributed by atoms with Gasteiger partial charge in [0, 0.05) is 37.3 Å². The number of H-pyrrole nitrogens is 1. The van der Waals surface area contributed by atoms with E-state index in [-0.39, 0.29) is 0 Å². The lowest BCUT2D eigenvalue weighted by molar-refractivity contribution is -0.132. The number of piperidine rings is 1. The van der Waals surface area contributed by atoms with E-state index in [1.54, 1.807) is 6.20 Å². The molecule has 3 rings (SSSR count). The fourth-order valence-electron chi connectivity index (χ4n) is 3.57. The van der Waals surface area contributed by atoms with E-state index in [4.69, 9.17) is 0 Å². The number of hydrogen-bond donors (Lipinski definition) is 1. The van der Waals surface area contributed by atoms with E-state index < -0.39 is 0 Å². The van der Waals surface area contributed by atoms with Gasteiger partial charge >= 0.3 is 0 Å². The molecule has 2 saturated heterocycles. The van der Waals surface area contributed by atoms with Crippen LogP contribution in [0.3, 0.4) is 0 Å². The molecule has 2 aliphatic rings. The van der Waals surface area contributed by atoms with Crippen molar-refractivity contribution in [2.24, 2.45) is 0 Å². The zero-order chi connectivity index (χ0) is 14.5. The molecule has 1 atom stereocenters. The zero-order valence-electron chi connectivity index (χ0n) is 12.8. The highest BCUT2D eigenvalue weighted by Crippen LogP contribution is 2.25. The van der Waals surface area contributed by atoms with Crippen molar-refractivity contribution in [1.29, 1.82) is 0 Å². The Bertz CT molecular complexity index is 439.